The highest BCUT2D eigenvalue weighted by atomic mass is 33.5. The molecule has 1 aromatic rings. The maximum atomic E-state index is 4.21. The molecule has 0 unspecified atom stereocenters. The Labute approximate surface area is 126 Å². The van der Waals surface area contributed by atoms with Gasteiger partial charge in [0, 0.05) is 0 Å². The van der Waals surface area contributed by atoms with E-state index in [4.69, 9.17) is 0 Å². The van der Waals surface area contributed by atoms with E-state index in [0.717, 1.165) is 0 Å². The topological polar surface area (TPSA) is 38.7 Å². The van der Waals surface area contributed by atoms with Crippen LogP contribution in [0.1, 0.15) is 0 Å². The van der Waals surface area contributed by atoms with Crippen LogP contribution in [0.3, 0.4) is 0 Å². The number of hydrogen-bond acceptors (Lipinski definition) is 12. The summed E-state index contributed by atoms with van der Waals surface area (Å²) in [6, 6.07) is 0. The van der Waals surface area contributed by atoms with Crippen molar-refractivity contribution in [3.8, 4) is 0 Å². The van der Waals surface area contributed by atoms with Crippen LogP contribution in [-0.2, 0) is 0 Å². The fraction of sp³-hybridized carbons (Fsp3) is 0. The summed E-state index contributed by atoms with van der Waals surface area (Å²) in [5, 5.41) is 1.92. The van der Waals surface area contributed by atoms with E-state index in [9.17, 15) is 0 Å². The largest absolute Gasteiger partial charge is 0.204 e. The Balaban J connectivity index is 2.86. The average molecular weight is 370 g/mol. The standard InChI is InChI=1S/C3H3N3S9/c7-13-10-1-4-2(11-14-8)6-3(5-1)12-15-9/h7-9H. The fourth-order valence-corrected chi connectivity index (χ4v) is 4.72. The van der Waals surface area contributed by atoms with Crippen molar-refractivity contribution in [3.63, 3.8) is 0 Å². The highest BCUT2D eigenvalue weighted by Crippen LogP contribution is 2.38. The lowest BCUT2D eigenvalue weighted by Gasteiger charge is -2.01. The molecule has 1 heterocycles. The highest BCUT2D eigenvalue weighted by molar-refractivity contribution is 9.06. The molecule has 0 aliphatic rings. The fourth-order valence-electron chi connectivity index (χ4n) is 0.532. The van der Waals surface area contributed by atoms with Gasteiger partial charge in [0.2, 0.25) is 15.5 Å². The molecule has 0 amide bonds. The lowest BCUT2D eigenvalue weighted by Crippen LogP contribution is -1.93. The smallest absolute Gasteiger partial charge is 0.195 e. The molecule has 1 rings (SSSR count). The second-order valence-electron chi connectivity index (χ2n) is 1.66. The van der Waals surface area contributed by atoms with Gasteiger partial charge in [-0.25, -0.2) is 0 Å². The summed E-state index contributed by atoms with van der Waals surface area (Å²) >= 11 is 12.1. The van der Waals surface area contributed by atoms with Gasteiger partial charge in [-0.2, -0.15) is 15.0 Å². The number of nitrogens with zero attached hydrogens (tertiary/aromatic N) is 3. The van der Waals surface area contributed by atoms with Gasteiger partial charge >= 0.3 is 0 Å². The van der Waals surface area contributed by atoms with E-state index in [0.29, 0.717) is 15.5 Å². The third-order valence-corrected chi connectivity index (χ3v) is 6.15. The lowest BCUT2D eigenvalue weighted by atomic mass is 11.1. The summed E-state index contributed by atoms with van der Waals surface area (Å²) in [5.74, 6) is 0. The Bertz CT molecular complexity index is 247. The summed E-state index contributed by atoms with van der Waals surface area (Å²) < 4.78 is 0. The van der Waals surface area contributed by atoms with Crippen molar-refractivity contribution in [1.82, 2.24) is 15.0 Å². The molecule has 84 valence electrons. The van der Waals surface area contributed by atoms with E-state index in [1.54, 1.807) is 0 Å². The predicted octanol–water partition coefficient (Wildman–Crippen LogP) is 4.63. The van der Waals surface area contributed by atoms with E-state index in [2.05, 4.69) is 49.9 Å². The number of thiol groups is 3. The Kier molecular flexibility index (Phi) is 9.27. The molecule has 0 aliphatic heterocycles. The van der Waals surface area contributed by atoms with E-state index in [1.165, 1.54) is 61.9 Å². The number of aromatic nitrogens is 3. The third-order valence-electron chi connectivity index (χ3n) is 0.909. The highest BCUT2D eigenvalue weighted by Gasteiger charge is 2.08. The Morgan fingerprint density at radius 2 is 0.867 bits per heavy atom. The summed E-state index contributed by atoms with van der Waals surface area (Å²) in [6.07, 6.45) is 0. The van der Waals surface area contributed by atoms with Gasteiger partial charge in [0.05, 0.1) is 0 Å². The van der Waals surface area contributed by atoms with Crippen molar-refractivity contribution in [2.24, 2.45) is 0 Å². The van der Waals surface area contributed by atoms with Crippen molar-refractivity contribution in [2.45, 2.75) is 15.5 Å². The first-order valence-electron chi connectivity index (χ1n) is 3.00. The van der Waals surface area contributed by atoms with Crippen LogP contribution in [-0.4, -0.2) is 15.0 Å². The van der Waals surface area contributed by atoms with Gasteiger partial charge in [-0.1, -0.05) is 35.0 Å². The molecule has 0 bridgehead atoms. The van der Waals surface area contributed by atoms with Crippen LogP contribution in [0.15, 0.2) is 15.5 Å². The monoisotopic (exact) mass is 369 g/mol. The van der Waals surface area contributed by atoms with Gasteiger partial charge < -0.3 is 0 Å². The van der Waals surface area contributed by atoms with Crippen molar-refractivity contribution in [3.05, 3.63) is 0 Å². The number of hydrogen-bond donors (Lipinski definition) is 3. The second-order valence-corrected chi connectivity index (χ2v) is 10.6. The molecule has 0 atom stereocenters. The van der Waals surface area contributed by atoms with Crippen molar-refractivity contribution in [1.29, 1.82) is 0 Å². The summed E-state index contributed by atoms with van der Waals surface area (Å²) in [4.78, 5) is 12.6. The van der Waals surface area contributed by atoms with Gasteiger partial charge in [-0.05, 0) is 61.9 Å². The molecule has 0 saturated carbocycles. The molecule has 0 saturated heterocycles. The maximum absolute atomic E-state index is 4.21. The van der Waals surface area contributed by atoms with Gasteiger partial charge in [0.15, 0.2) is 0 Å². The second kappa shape index (κ2) is 9.14. The van der Waals surface area contributed by atoms with E-state index >= 15 is 0 Å². The summed E-state index contributed by atoms with van der Waals surface area (Å²) in [7, 11) is 8.03. The molecule has 12 heteroatoms. The first-order valence-corrected chi connectivity index (χ1v) is 12.6. The predicted molar refractivity (Wildman–Crippen MR) is 87.1 cm³/mol. The molecule has 0 N–H and O–H groups in total. The van der Waals surface area contributed by atoms with E-state index < -0.39 is 0 Å². The summed E-state index contributed by atoms with van der Waals surface area (Å²) in [5.41, 5.74) is 0. The maximum Gasteiger partial charge on any atom is 0.204 e. The zero-order valence-corrected chi connectivity index (χ0v) is 14.2. The normalized spacial score (nSPS) is 10.6. The molecule has 1 aromatic heterocycles. The Hall–Kier alpha value is 2.16. The van der Waals surface area contributed by atoms with Crippen LogP contribution >= 0.6 is 96.8 Å². The van der Waals surface area contributed by atoms with Gasteiger partial charge in [0.25, 0.3) is 0 Å². The Morgan fingerprint density at radius 3 is 1.07 bits per heavy atom. The quantitative estimate of drug-likeness (QED) is 0.491. The molecule has 0 aliphatic carbocycles. The van der Waals surface area contributed by atoms with E-state index in [-0.39, 0.29) is 0 Å². The minimum absolute atomic E-state index is 0.639. The van der Waals surface area contributed by atoms with Crippen molar-refractivity contribution >= 4 is 96.8 Å². The molecule has 0 spiro atoms. The summed E-state index contributed by atoms with van der Waals surface area (Å²) in [6.45, 7) is 0. The molecule has 15 heavy (non-hydrogen) atoms. The Morgan fingerprint density at radius 1 is 0.600 bits per heavy atom. The van der Waals surface area contributed by atoms with Gasteiger partial charge in [-0.15, -0.1) is 0 Å². The minimum atomic E-state index is 0.639. The van der Waals surface area contributed by atoms with Crippen LogP contribution in [0, 0.1) is 0 Å². The zero-order chi connectivity index (χ0) is 11.1. The van der Waals surface area contributed by atoms with E-state index in [1.807, 2.05) is 0 Å². The molecule has 3 nitrogen and oxygen atoms in total. The van der Waals surface area contributed by atoms with Crippen molar-refractivity contribution in [2.75, 3.05) is 0 Å². The zero-order valence-electron chi connectivity index (χ0n) is 6.63. The molecule has 0 aromatic carbocycles. The van der Waals surface area contributed by atoms with Crippen LogP contribution in [0.5, 0.6) is 0 Å². The third kappa shape index (κ3) is 6.04. The van der Waals surface area contributed by atoms with Crippen LogP contribution in [0.4, 0.5) is 0 Å². The van der Waals surface area contributed by atoms with Crippen LogP contribution < -0.4 is 0 Å². The molecular formula is C3H3N3S9. The lowest BCUT2D eigenvalue weighted by molar-refractivity contribution is 0.723. The first kappa shape index (κ1) is 15.2. The van der Waals surface area contributed by atoms with Gasteiger partial charge in [0.1, 0.15) is 0 Å². The molecule has 0 radical (unpaired) electrons. The molecule has 0 fully saturated rings. The number of rotatable bonds is 6. The van der Waals surface area contributed by atoms with Crippen LogP contribution in [0.2, 0.25) is 0 Å². The van der Waals surface area contributed by atoms with Crippen LogP contribution in [0.25, 0.3) is 0 Å². The first-order chi connectivity index (χ1) is 7.30. The average Bonchev–Trinajstić information content (AvgIpc) is 2.19. The van der Waals surface area contributed by atoms with Crippen molar-refractivity contribution < 1.29 is 0 Å². The molecular weight excluding hydrogens is 367 g/mol. The van der Waals surface area contributed by atoms with Gasteiger partial charge in [-0.3, -0.25) is 0 Å². The minimum Gasteiger partial charge on any atom is -0.195 e. The SMILES string of the molecule is SSSc1nc(SSS)nc(SSS)n1.